The molecule has 29 heavy (non-hydrogen) atoms. The number of para-hydroxylation sites is 1. The summed E-state index contributed by atoms with van der Waals surface area (Å²) >= 11 is 0. The fourth-order valence-corrected chi connectivity index (χ4v) is 3.88. The van der Waals surface area contributed by atoms with Gasteiger partial charge < -0.3 is 24.4 Å². The SMILES string of the molecule is CN=C(NCc1cccc2c1OCCCO2)N1CCOC(c2ccccc2C)C1. The zero-order valence-electron chi connectivity index (χ0n) is 17.2. The van der Waals surface area contributed by atoms with Crippen molar-refractivity contribution in [2.45, 2.75) is 26.0 Å². The van der Waals surface area contributed by atoms with Crippen LogP contribution in [0.25, 0.3) is 0 Å². The zero-order chi connectivity index (χ0) is 20.1. The van der Waals surface area contributed by atoms with E-state index in [9.17, 15) is 0 Å². The van der Waals surface area contributed by atoms with Crippen molar-refractivity contribution in [3.63, 3.8) is 0 Å². The van der Waals surface area contributed by atoms with Crippen molar-refractivity contribution in [2.75, 3.05) is 40.0 Å². The van der Waals surface area contributed by atoms with Gasteiger partial charge in [-0.3, -0.25) is 4.99 Å². The Morgan fingerprint density at radius 3 is 2.83 bits per heavy atom. The highest BCUT2D eigenvalue weighted by Gasteiger charge is 2.25. The van der Waals surface area contributed by atoms with Crippen molar-refractivity contribution < 1.29 is 14.2 Å². The van der Waals surface area contributed by atoms with Crippen molar-refractivity contribution in [3.05, 3.63) is 59.2 Å². The van der Waals surface area contributed by atoms with Gasteiger partial charge in [-0.1, -0.05) is 36.4 Å². The Labute approximate surface area is 172 Å². The number of guanidine groups is 1. The van der Waals surface area contributed by atoms with E-state index < -0.39 is 0 Å². The summed E-state index contributed by atoms with van der Waals surface area (Å²) in [6.07, 6.45) is 0.949. The first-order valence-corrected chi connectivity index (χ1v) is 10.3. The topological polar surface area (TPSA) is 55.3 Å². The van der Waals surface area contributed by atoms with Crippen molar-refractivity contribution in [1.29, 1.82) is 0 Å². The monoisotopic (exact) mass is 395 g/mol. The maximum atomic E-state index is 6.06. The van der Waals surface area contributed by atoms with Crippen LogP contribution in [0.4, 0.5) is 0 Å². The molecule has 1 unspecified atom stereocenters. The van der Waals surface area contributed by atoms with Crippen LogP contribution < -0.4 is 14.8 Å². The molecule has 2 aromatic rings. The van der Waals surface area contributed by atoms with E-state index in [0.29, 0.717) is 26.4 Å². The number of hydrogen-bond acceptors (Lipinski definition) is 4. The second-order valence-electron chi connectivity index (χ2n) is 7.36. The molecule has 6 heteroatoms. The van der Waals surface area contributed by atoms with Crippen molar-refractivity contribution in [2.24, 2.45) is 4.99 Å². The number of rotatable bonds is 3. The standard InChI is InChI=1S/C23H29N3O3/c1-17-7-3-4-9-19(17)21-16-26(11-14-28-21)23(24-2)25-15-18-8-5-10-20-22(18)29-13-6-12-27-20/h3-5,7-10,21H,6,11-16H2,1-2H3,(H,24,25). The third kappa shape index (κ3) is 4.48. The van der Waals surface area contributed by atoms with E-state index in [2.05, 4.69) is 52.5 Å². The summed E-state index contributed by atoms with van der Waals surface area (Å²) in [6.45, 7) is 6.41. The minimum absolute atomic E-state index is 0.0493. The number of hydrogen-bond donors (Lipinski definition) is 1. The van der Waals surface area contributed by atoms with Crippen molar-refractivity contribution in [1.82, 2.24) is 10.2 Å². The quantitative estimate of drug-likeness (QED) is 0.638. The Morgan fingerprint density at radius 1 is 1.10 bits per heavy atom. The first-order chi connectivity index (χ1) is 14.3. The summed E-state index contributed by atoms with van der Waals surface area (Å²) in [5.74, 6) is 2.54. The molecular weight excluding hydrogens is 366 g/mol. The lowest BCUT2D eigenvalue weighted by atomic mass is 10.0. The predicted molar refractivity (Wildman–Crippen MR) is 114 cm³/mol. The number of nitrogens with zero attached hydrogens (tertiary/aromatic N) is 2. The molecule has 0 aliphatic carbocycles. The third-order valence-electron chi connectivity index (χ3n) is 5.40. The third-order valence-corrected chi connectivity index (χ3v) is 5.40. The molecule has 1 saturated heterocycles. The van der Waals surface area contributed by atoms with Gasteiger partial charge >= 0.3 is 0 Å². The van der Waals surface area contributed by atoms with Crippen molar-refractivity contribution >= 4 is 5.96 Å². The van der Waals surface area contributed by atoms with E-state index in [1.54, 1.807) is 0 Å². The lowest BCUT2D eigenvalue weighted by molar-refractivity contribution is -0.00834. The summed E-state index contributed by atoms with van der Waals surface area (Å²) in [5, 5.41) is 3.50. The van der Waals surface area contributed by atoms with E-state index in [-0.39, 0.29) is 6.10 Å². The molecular formula is C23H29N3O3. The fraction of sp³-hybridized carbons (Fsp3) is 0.435. The molecule has 2 aliphatic rings. The maximum Gasteiger partial charge on any atom is 0.194 e. The molecule has 1 fully saturated rings. The number of aliphatic imine (C=N–C) groups is 1. The number of fused-ring (bicyclic) bond motifs is 1. The van der Waals surface area contributed by atoms with Crippen LogP contribution in [0, 0.1) is 6.92 Å². The van der Waals surface area contributed by atoms with Crippen LogP contribution in [0.1, 0.15) is 29.2 Å². The van der Waals surface area contributed by atoms with Crippen LogP contribution >= 0.6 is 0 Å². The van der Waals surface area contributed by atoms with Crippen LogP contribution in [0.5, 0.6) is 11.5 Å². The molecule has 2 aromatic carbocycles. The molecule has 0 spiro atoms. The number of nitrogens with one attached hydrogen (secondary N) is 1. The molecule has 1 atom stereocenters. The van der Waals surface area contributed by atoms with Gasteiger partial charge in [0.1, 0.15) is 6.10 Å². The molecule has 0 saturated carbocycles. The number of aryl methyl sites for hydroxylation is 1. The fourth-order valence-electron chi connectivity index (χ4n) is 3.88. The van der Waals surface area contributed by atoms with Gasteiger partial charge in [0.05, 0.1) is 26.4 Å². The average Bonchev–Trinajstić information content (AvgIpc) is 3.01. The zero-order valence-corrected chi connectivity index (χ0v) is 17.2. The normalized spacial score (nSPS) is 19.6. The van der Waals surface area contributed by atoms with Gasteiger partial charge in [-0.15, -0.1) is 0 Å². The average molecular weight is 396 g/mol. The summed E-state index contributed by atoms with van der Waals surface area (Å²) in [4.78, 5) is 6.78. The van der Waals surface area contributed by atoms with Gasteiger partial charge in [0.2, 0.25) is 0 Å². The highest BCUT2D eigenvalue weighted by atomic mass is 16.5. The molecule has 6 nitrogen and oxygen atoms in total. The van der Waals surface area contributed by atoms with Crippen LogP contribution in [0.3, 0.4) is 0 Å². The second-order valence-corrected chi connectivity index (χ2v) is 7.36. The minimum Gasteiger partial charge on any atom is -0.490 e. The second kappa shape index (κ2) is 9.18. The first kappa shape index (κ1) is 19.6. The Bertz CT molecular complexity index is 868. The lowest BCUT2D eigenvalue weighted by Crippen LogP contribution is -2.48. The van der Waals surface area contributed by atoms with E-state index in [4.69, 9.17) is 14.2 Å². The Balaban J connectivity index is 1.44. The highest BCUT2D eigenvalue weighted by molar-refractivity contribution is 5.80. The molecule has 0 radical (unpaired) electrons. The molecule has 154 valence electrons. The molecule has 0 amide bonds. The molecule has 2 heterocycles. The van der Waals surface area contributed by atoms with E-state index in [1.165, 1.54) is 11.1 Å². The van der Waals surface area contributed by atoms with E-state index in [0.717, 1.165) is 42.5 Å². The van der Waals surface area contributed by atoms with Gasteiger partial charge in [-0.2, -0.15) is 0 Å². The van der Waals surface area contributed by atoms with Crippen LogP contribution in [0.2, 0.25) is 0 Å². The summed E-state index contributed by atoms with van der Waals surface area (Å²) in [7, 11) is 1.83. The number of ether oxygens (including phenoxy) is 3. The van der Waals surface area contributed by atoms with Gasteiger partial charge in [0.25, 0.3) is 0 Å². The van der Waals surface area contributed by atoms with Crippen LogP contribution in [-0.4, -0.2) is 50.8 Å². The number of morpholine rings is 1. The molecule has 0 bridgehead atoms. The summed E-state index contributed by atoms with van der Waals surface area (Å²) in [6, 6.07) is 14.5. The Hall–Kier alpha value is -2.73. The molecule has 0 aromatic heterocycles. The smallest absolute Gasteiger partial charge is 0.194 e. The molecule has 4 rings (SSSR count). The maximum absolute atomic E-state index is 6.06. The molecule has 1 N–H and O–H groups in total. The Kier molecular flexibility index (Phi) is 6.20. The van der Waals surface area contributed by atoms with Gasteiger partial charge in [-0.05, 0) is 24.1 Å². The minimum atomic E-state index is 0.0493. The van der Waals surface area contributed by atoms with Crippen LogP contribution in [0.15, 0.2) is 47.5 Å². The predicted octanol–water partition coefficient (Wildman–Crippen LogP) is 3.31. The summed E-state index contributed by atoms with van der Waals surface area (Å²) < 4.78 is 17.8. The first-order valence-electron chi connectivity index (χ1n) is 10.3. The van der Waals surface area contributed by atoms with Gasteiger partial charge in [0, 0.05) is 32.1 Å². The van der Waals surface area contributed by atoms with E-state index >= 15 is 0 Å². The largest absolute Gasteiger partial charge is 0.490 e. The van der Waals surface area contributed by atoms with Gasteiger partial charge in [-0.25, -0.2) is 0 Å². The summed E-state index contributed by atoms with van der Waals surface area (Å²) in [5.41, 5.74) is 3.58. The van der Waals surface area contributed by atoms with Crippen molar-refractivity contribution in [3.8, 4) is 11.5 Å². The number of benzene rings is 2. The lowest BCUT2D eigenvalue weighted by Gasteiger charge is -2.35. The van der Waals surface area contributed by atoms with Crippen LogP contribution in [-0.2, 0) is 11.3 Å². The highest BCUT2D eigenvalue weighted by Crippen LogP contribution is 2.33. The molecule has 2 aliphatic heterocycles. The van der Waals surface area contributed by atoms with E-state index in [1.807, 2.05) is 19.2 Å². The van der Waals surface area contributed by atoms with Gasteiger partial charge in [0.15, 0.2) is 17.5 Å². The Morgan fingerprint density at radius 2 is 1.97 bits per heavy atom.